The second-order valence-electron chi connectivity index (χ2n) is 3.43. The predicted molar refractivity (Wildman–Crippen MR) is 66.6 cm³/mol. The molecule has 4 heteroatoms. The van der Waals surface area contributed by atoms with E-state index in [-0.39, 0.29) is 0 Å². The lowest BCUT2D eigenvalue weighted by molar-refractivity contribution is 0.112. The molecule has 0 aliphatic carbocycles. The molecule has 0 aliphatic rings. The molecule has 0 saturated carbocycles. The zero-order valence-electron chi connectivity index (χ0n) is 9.18. The maximum Gasteiger partial charge on any atom is 0.150 e. The van der Waals surface area contributed by atoms with Gasteiger partial charge in [-0.15, -0.1) is 0 Å². The summed E-state index contributed by atoms with van der Waals surface area (Å²) in [4.78, 5) is 15.0. The van der Waals surface area contributed by atoms with Crippen LogP contribution in [0.4, 0.5) is 0 Å². The molecular weight excluding hydrogens is 238 g/mol. The van der Waals surface area contributed by atoms with Crippen molar-refractivity contribution in [3.8, 4) is 16.9 Å². The number of ether oxygens (including phenoxy) is 1. The summed E-state index contributed by atoms with van der Waals surface area (Å²) >= 11 is 5.95. The Hall–Kier alpha value is -1.87. The zero-order valence-corrected chi connectivity index (χ0v) is 9.94. The maximum atomic E-state index is 11.0. The van der Waals surface area contributed by atoms with Crippen LogP contribution in [0.15, 0.2) is 36.7 Å². The fourth-order valence-electron chi connectivity index (χ4n) is 1.62. The van der Waals surface area contributed by atoms with Crippen molar-refractivity contribution in [1.82, 2.24) is 4.98 Å². The highest BCUT2D eigenvalue weighted by molar-refractivity contribution is 6.31. The molecule has 0 radical (unpaired) electrons. The molecule has 86 valence electrons. The quantitative estimate of drug-likeness (QED) is 0.782. The van der Waals surface area contributed by atoms with Crippen molar-refractivity contribution in [1.29, 1.82) is 0 Å². The van der Waals surface area contributed by atoms with Gasteiger partial charge < -0.3 is 4.74 Å². The van der Waals surface area contributed by atoms with Gasteiger partial charge in [0.1, 0.15) is 5.75 Å². The van der Waals surface area contributed by atoms with Crippen molar-refractivity contribution < 1.29 is 9.53 Å². The normalized spacial score (nSPS) is 10.0. The number of aromatic nitrogens is 1. The third-order valence-corrected chi connectivity index (χ3v) is 2.67. The predicted octanol–water partition coefficient (Wildman–Crippen LogP) is 3.22. The molecule has 2 rings (SSSR count). The number of pyridine rings is 1. The van der Waals surface area contributed by atoms with Gasteiger partial charge in [0.25, 0.3) is 0 Å². The number of hydrogen-bond acceptors (Lipinski definition) is 3. The summed E-state index contributed by atoms with van der Waals surface area (Å²) in [5, 5.41) is 0.585. The molecule has 1 aromatic carbocycles. The van der Waals surface area contributed by atoms with E-state index in [0.717, 1.165) is 11.8 Å². The first kappa shape index (κ1) is 11.6. The lowest BCUT2D eigenvalue weighted by Crippen LogP contribution is -1.92. The summed E-state index contributed by atoms with van der Waals surface area (Å²) in [6.45, 7) is 0. The van der Waals surface area contributed by atoms with Gasteiger partial charge in [0.2, 0.25) is 0 Å². The SMILES string of the molecule is COc1ccc(Cl)cc1-c1cnccc1C=O. The molecule has 1 heterocycles. The number of carbonyl (C=O) groups excluding carboxylic acids is 1. The van der Waals surface area contributed by atoms with Crippen molar-refractivity contribution in [2.75, 3.05) is 7.11 Å². The van der Waals surface area contributed by atoms with E-state index in [1.807, 2.05) is 0 Å². The topological polar surface area (TPSA) is 39.2 Å². The highest BCUT2D eigenvalue weighted by Gasteiger charge is 2.10. The minimum Gasteiger partial charge on any atom is -0.496 e. The first-order valence-electron chi connectivity index (χ1n) is 4.99. The van der Waals surface area contributed by atoms with Gasteiger partial charge >= 0.3 is 0 Å². The fraction of sp³-hybridized carbons (Fsp3) is 0.0769. The minimum atomic E-state index is 0.556. The molecular formula is C13H10ClNO2. The van der Waals surface area contributed by atoms with Gasteiger partial charge in [-0.05, 0) is 24.3 Å². The molecule has 0 fully saturated rings. The van der Waals surface area contributed by atoms with E-state index in [4.69, 9.17) is 16.3 Å². The van der Waals surface area contributed by atoms with E-state index in [1.165, 1.54) is 0 Å². The Balaban J connectivity index is 2.66. The zero-order chi connectivity index (χ0) is 12.3. The van der Waals surface area contributed by atoms with Crippen molar-refractivity contribution >= 4 is 17.9 Å². The van der Waals surface area contributed by atoms with Crippen LogP contribution in [-0.4, -0.2) is 18.4 Å². The van der Waals surface area contributed by atoms with Crippen LogP contribution in [0.25, 0.3) is 11.1 Å². The monoisotopic (exact) mass is 247 g/mol. The number of methoxy groups -OCH3 is 1. The summed E-state index contributed by atoms with van der Waals surface area (Å²) in [5.41, 5.74) is 2.03. The van der Waals surface area contributed by atoms with Crippen LogP contribution in [0, 0.1) is 0 Å². The second-order valence-corrected chi connectivity index (χ2v) is 3.86. The Labute approximate surface area is 104 Å². The van der Waals surface area contributed by atoms with Crippen molar-refractivity contribution in [3.63, 3.8) is 0 Å². The van der Waals surface area contributed by atoms with E-state index in [9.17, 15) is 4.79 Å². The average Bonchev–Trinajstić information content (AvgIpc) is 2.38. The van der Waals surface area contributed by atoms with Crippen molar-refractivity contribution in [2.24, 2.45) is 0 Å². The Morgan fingerprint density at radius 2 is 2.12 bits per heavy atom. The van der Waals surface area contributed by atoms with Gasteiger partial charge in [0.15, 0.2) is 6.29 Å². The standard InChI is InChI=1S/C13H10ClNO2/c1-17-13-3-2-10(14)6-11(13)12-7-15-5-4-9(12)8-16/h2-8H,1H3. The van der Waals surface area contributed by atoms with Crippen LogP contribution in [0.1, 0.15) is 10.4 Å². The van der Waals surface area contributed by atoms with Crippen LogP contribution < -0.4 is 4.74 Å². The van der Waals surface area contributed by atoms with E-state index in [2.05, 4.69) is 4.98 Å². The smallest absolute Gasteiger partial charge is 0.150 e. The van der Waals surface area contributed by atoms with Crippen LogP contribution in [0.3, 0.4) is 0 Å². The molecule has 0 bridgehead atoms. The highest BCUT2D eigenvalue weighted by atomic mass is 35.5. The number of aldehydes is 1. The lowest BCUT2D eigenvalue weighted by atomic mass is 10.0. The summed E-state index contributed by atoms with van der Waals surface area (Å²) in [7, 11) is 1.57. The van der Waals surface area contributed by atoms with Crippen LogP contribution >= 0.6 is 11.6 Å². The molecule has 0 aliphatic heterocycles. The number of halogens is 1. The molecule has 0 saturated heterocycles. The molecule has 0 spiro atoms. The van der Waals surface area contributed by atoms with Gasteiger partial charge in [-0.2, -0.15) is 0 Å². The number of hydrogen-bond donors (Lipinski definition) is 0. The summed E-state index contributed by atoms with van der Waals surface area (Å²) in [6, 6.07) is 6.91. The molecule has 0 amide bonds. The van der Waals surface area contributed by atoms with Crippen LogP contribution in [0.5, 0.6) is 5.75 Å². The van der Waals surface area contributed by atoms with Gasteiger partial charge in [-0.25, -0.2) is 0 Å². The Morgan fingerprint density at radius 3 is 2.82 bits per heavy atom. The van der Waals surface area contributed by atoms with E-state index >= 15 is 0 Å². The van der Waals surface area contributed by atoms with Crippen LogP contribution in [0.2, 0.25) is 5.02 Å². The van der Waals surface area contributed by atoms with E-state index < -0.39 is 0 Å². The number of carbonyl (C=O) groups is 1. The van der Waals surface area contributed by atoms with Gasteiger partial charge in [0, 0.05) is 34.1 Å². The number of rotatable bonds is 3. The van der Waals surface area contributed by atoms with Gasteiger partial charge in [0.05, 0.1) is 7.11 Å². The Bertz CT molecular complexity index is 555. The van der Waals surface area contributed by atoms with Crippen LogP contribution in [-0.2, 0) is 0 Å². The molecule has 0 atom stereocenters. The third kappa shape index (κ3) is 2.29. The first-order valence-corrected chi connectivity index (χ1v) is 5.37. The number of benzene rings is 1. The molecule has 2 aromatic rings. The molecule has 0 N–H and O–H groups in total. The molecule has 0 unspecified atom stereocenters. The third-order valence-electron chi connectivity index (χ3n) is 2.43. The Morgan fingerprint density at radius 1 is 1.29 bits per heavy atom. The molecule has 17 heavy (non-hydrogen) atoms. The van der Waals surface area contributed by atoms with Gasteiger partial charge in [-0.1, -0.05) is 11.6 Å². The summed E-state index contributed by atoms with van der Waals surface area (Å²) in [6.07, 6.45) is 3.99. The largest absolute Gasteiger partial charge is 0.496 e. The second kappa shape index (κ2) is 4.97. The summed E-state index contributed by atoms with van der Waals surface area (Å²) < 4.78 is 5.25. The first-order chi connectivity index (χ1) is 8.26. The van der Waals surface area contributed by atoms with Crippen molar-refractivity contribution in [2.45, 2.75) is 0 Å². The highest BCUT2D eigenvalue weighted by Crippen LogP contribution is 2.33. The van der Waals surface area contributed by atoms with E-state index in [0.29, 0.717) is 21.9 Å². The maximum absolute atomic E-state index is 11.0. The fourth-order valence-corrected chi connectivity index (χ4v) is 1.80. The number of nitrogens with zero attached hydrogens (tertiary/aromatic N) is 1. The van der Waals surface area contributed by atoms with Gasteiger partial charge in [-0.3, -0.25) is 9.78 Å². The average molecular weight is 248 g/mol. The molecule has 1 aromatic heterocycles. The molecule has 3 nitrogen and oxygen atoms in total. The lowest BCUT2D eigenvalue weighted by Gasteiger charge is -2.10. The summed E-state index contributed by atoms with van der Waals surface area (Å²) in [5.74, 6) is 0.658. The van der Waals surface area contributed by atoms with Crippen molar-refractivity contribution in [3.05, 3.63) is 47.2 Å². The van der Waals surface area contributed by atoms with E-state index in [1.54, 1.807) is 43.8 Å². The Kier molecular flexibility index (Phi) is 3.40. The minimum absolute atomic E-state index is 0.556.